The Bertz CT molecular complexity index is 1080. The van der Waals surface area contributed by atoms with Gasteiger partial charge in [0.2, 0.25) is 0 Å². The molecule has 0 saturated carbocycles. The summed E-state index contributed by atoms with van der Waals surface area (Å²) in [5, 5.41) is 0.385. The van der Waals surface area contributed by atoms with Gasteiger partial charge in [0.25, 0.3) is 15.9 Å². The van der Waals surface area contributed by atoms with E-state index < -0.39 is 15.9 Å². The molecule has 0 fully saturated rings. The molecule has 0 saturated heterocycles. The summed E-state index contributed by atoms with van der Waals surface area (Å²) < 4.78 is 45.6. The lowest BCUT2D eigenvalue weighted by molar-refractivity contribution is 0.0981. The molecule has 0 unspecified atom stereocenters. The lowest BCUT2D eigenvalue weighted by Crippen LogP contribution is -2.30. The molecule has 0 bridgehead atoms. The average Bonchev–Trinajstić information content (AvgIpc) is 2.68. The summed E-state index contributed by atoms with van der Waals surface area (Å²) in [6.07, 6.45) is 0. The Kier molecular flexibility index (Phi) is 5.96. The highest BCUT2D eigenvalue weighted by Crippen LogP contribution is 2.17. The summed E-state index contributed by atoms with van der Waals surface area (Å²) in [6.45, 7) is 0.0309. The minimum Gasteiger partial charge on any atom is -0.489 e. The maximum absolute atomic E-state index is 13.6. The Morgan fingerprint density at radius 1 is 0.964 bits per heavy atom. The van der Waals surface area contributed by atoms with Crippen LogP contribution in [-0.4, -0.2) is 14.3 Å². The summed E-state index contributed by atoms with van der Waals surface area (Å²) in [5.41, 5.74) is 0.536. The largest absolute Gasteiger partial charge is 0.489 e. The molecule has 5 nitrogen and oxygen atoms in total. The van der Waals surface area contributed by atoms with Crippen LogP contribution in [0.25, 0.3) is 0 Å². The highest BCUT2D eigenvalue weighted by Gasteiger charge is 2.18. The van der Waals surface area contributed by atoms with E-state index >= 15 is 0 Å². The zero-order chi connectivity index (χ0) is 20.1. The number of halogens is 2. The highest BCUT2D eigenvalue weighted by molar-refractivity contribution is 7.90. The van der Waals surface area contributed by atoms with Crippen LogP contribution in [0, 0.1) is 5.82 Å². The number of hydrogen-bond acceptors (Lipinski definition) is 4. The van der Waals surface area contributed by atoms with Crippen molar-refractivity contribution in [2.24, 2.45) is 0 Å². The van der Waals surface area contributed by atoms with E-state index in [2.05, 4.69) is 0 Å². The Balaban J connectivity index is 1.65. The monoisotopic (exact) mass is 419 g/mol. The molecule has 0 aliphatic carbocycles. The quantitative estimate of drug-likeness (QED) is 0.650. The van der Waals surface area contributed by atoms with Gasteiger partial charge in [-0.05, 0) is 54.6 Å². The Morgan fingerprint density at radius 3 is 2.25 bits per heavy atom. The van der Waals surface area contributed by atoms with Gasteiger partial charge in [-0.2, -0.15) is 0 Å². The van der Waals surface area contributed by atoms with E-state index in [0.29, 0.717) is 16.3 Å². The van der Waals surface area contributed by atoms with Crippen molar-refractivity contribution in [3.05, 3.63) is 94.8 Å². The fourth-order valence-electron chi connectivity index (χ4n) is 2.33. The van der Waals surface area contributed by atoms with Crippen LogP contribution < -0.4 is 9.46 Å². The number of amides is 1. The number of benzene rings is 3. The summed E-state index contributed by atoms with van der Waals surface area (Å²) in [5.74, 6) is -0.734. The molecule has 3 aromatic rings. The fraction of sp³-hybridized carbons (Fsp3) is 0.0500. The molecule has 3 aromatic carbocycles. The maximum Gasteiger partial charge on any atom is 0.265 e. The van der Waals surface area contributed by atoms with Crippen molar-refractivity contribution in [2.45, 2.75) is 11.5 Å². The van der Waals surface area contributed by atoms with Gasteiger partial charge >= 0.3 is 0 Å². The molecule has 8 heteroatoms. The van der Waals surface area contributed by atoms with Gasteiger partial charge in [-0.1, -0.05) is 29.8 Å². The number of sulfonamides is 1. The number of ether oxygens (including phenoxy) is 1. The van der Waals surface area contributed by atoms with Crippen molar-refractivity contribution in [3.8, 4) is 5.75 Å². The molecule has 144 valence electrons. The molecule has 0 heterocycles. The van der Waals surface area contributed by atoms with E-state index in [1.807, 2.05) is 4.72 Å². The lowest BCUT2D eigenvalue weighted by atomic mass is 10.2. The molecule has 0 aliphatic rings. The van der Waals surface area contributed by atoms with Gasteiger partial charge in [-0.25, -0.2) is 17.5 Å². The standard InChI is InChI=1S/C20H15ClFNO4S/c21-16-7-11-18(12-8-16)28(25,26)23-20(24)14-5-9-17(10-6-14)27-13-15-3-1-2-4-19(15)22/h1-12H,13H2,(H,23,24). The third kappa shape index (κ3) is 4.88. The van der Waals surface area contributed by atoms with Crippen molar-refractivity contribution in [1.82, 2.24) is 4.72 Å². The van der Waals surface area contributed by atoms with Crippen LogP contribution >= 0.6 is 11.6 Å². The summed E-state index contributed by atoms with van der Waals surface area (Å²) >= 11 is 5.74. The number of carbonyl (C=O) groups excluding carboxylic acids is 1. The molecule has 0 aliphatic heterocycles. The molecular formula is C20H15ClFNO4S. The van der Waals surface area contributed by atoms with Gasteiger partial charge in [0.05, 0.1) is 4.90 Å². The van der Waals surface area contributed by atoms with Gasteiger partial charge in [0.15, 0.2) is 0 Å². The van der Waals surface area contributed by atoms with E-state index in [9.17, 15) is 17.6 Å². The van der Waals surface area contributed by atoms with Crippen molar-refractivity contribution in [3.63, 3.8) is 0 Å². The molecule has 0 spiro atoms. The second-order valence-corrected chi connectivity index (χ2v) is 7.91. The first-order valence-corrected chi connectivity index (χ1v) is 10.0. The molecule has 1 amide bonds. The van der Waals surface area contributed by atoms with Gasteiger partial charge in [-0.15, -0.1) is 0 Å². The molecule has 0 radical (unpaired) electrons. The molecule has 0 atom stereocenters. The minimum atomic E-state index is -4.02. The van der Waals surface area contributed by atoms with Crippen LogP contribution in [0.15, 0.2) is 77.7 Å². The smallest absolute Gasteiger partial charge is 0.265 e. The van der Waals surface area contributed by atoms with Crippen molar-refractivity contribution < 1.29 is 22.3 Å². The Morgan fingerprint density at radius 2 is 1.61 bits per heavy atom. The molecular weight excluding hydrogens is 405 g/mol. The van der Waals surface area contributed by atoms with Crippen LogP contribution in [-0.2, 0) is 16.6 Å². The van der Waals surface area contributed by atoms with Crippen molar-refractivity contribution >= 4 is 27.5 Å². The number of nitrogens with one attached hydrogen (secondary N) is 1. The highest BCUT2D eigenvalue weighted by atomic mass is 35.5. The van der Waals surface area contributed by atoms with Crippen LogP contribution in [0.1, 0.15) is 15.9 Å². The topological polar surface area (TPSA) is 72.5 Å². The van der Waals surface area contributed by atoms with E-state index in [1.54, 1.807) is 18.2 Å². The van der Waals surface area contributed by atoms with E-state index in [1.165, 1.54) is 54.6 Å². The van der Waals surface area contributed by atoms with Crippen molar-refractivity contribution in [1.29, 1.82) is 0 Å². The van der Waals surface area contributed by atoms with Gasteiger partial charge in [0.1, 0.15) is 18.2 Å². The van der Waals surface area contributed by atoms with E-state index in [4.69, 9.17) is 16.3 Å². The maximum atomic E-state index is 13.6. The zero-order valence-electron chi connectivity index (χ0n) is 14.4. The fourth-order valence-corrected chi connectivity index (χ4v) is 3.43. The van der Waals surface area contributed by atoms with E-state index in [-0.39, 0.29) is 22.9 Å². The summed E-state index contributed by atoms with van der Waals surface area (Å²) in [6, 6.07) is 17.5. The van der Waals surface area contributed by atoms with Gasteiger partial charge in [0, 0.05) is 16.1 Å². The van der Waals surface area contributed by atoms with E-state index in [0.717, 1.165) is 0 Å². The van der Waals surface area contributed by atoms with Gasteiger partial charge < -0.3 is 4.74 Å². The van der Waals surface area contributed by atoms with Gasteiger partial charge in [-0.3, -0.25) is 4.79 Å². The predicted octanol–water partition coefficient (Wildman–Crippen LogP) is 4.18. The molecule has 1 N–H and O–H groups in total. The zero-order valence-corrected chi connectivity index (χ0v) is 16.0. The first-order chi connectivity index (χ1) is 13.3. The van der Waals surface area contributed by atoms with Crippen molar-refractivity contribution in [2.75, 3.05) is 0 Å². The average molecular weight is 420 g/mol. The molecule has 3 rings (SSSR count). The first-order valence-electron chi connectivity index (χ1n) is 8.14. The van der Waals surface area contributed by atoms with Crippen LogP contribution in [0.5, 0.6) is 5.75 Å². The number of carbonyl (C=O) groups is 1. The Hall–Kier alpha value is -2.90. The molecule has 0 aromatic heterocycles. The second-order valence-electron chi connectivity index (χ2n) is 5.79. The normalized spacial score (nSPS) is 11.1. The third-order valence-corrected chi connectivity index (χ3v) is 5.42. The van der Waals surface area contributed by atoms with Crippen LogP contribution in [0.3, 0.4) is 0 Å². The minimum absolute atomic E-state index is 0.0309. The first kappa shape index (κ1) is 19.9. The summed E-state index contributed by atoms with van der Waals surface area (Å²) in [4.78, 5) is 12.2. The number of rotatable bonds is 6. The molecule has 28 heavy (non-hydrogen) atoms. The number of hydrogen-bond donors (Lipinski definition) is 1. The summed E-state index contributed by atoms with van der Waals surface area (Å²) in [7, 11) is -4.02. The van der Waals surface area contributed by atoms with Crippen LogP contribution in [0.4, 0.5) is 4.39 Å². The second kappa shape index (κ2) is 8.41. The SMILES string of the molecule is O=C(NS(=O)(=O)c1ccc(Cl)cc1)c1ccc(OCc2ccccc2F)cc1. The lowest BCUT2D eigenvalue weighted by Gasteiger charge is -2.09. The van der Waals surface area contributed by atoms with Crippen LogP contribution in [0.2, 0.25) is 5.02 Å². The predicted molar refractivity (Wildman–Crippen MR) is 103 cm³/mol. The Labute approximate surface area is 166 Å². The third-order valence-electron chi connectivity index (χ3n) is 3.82.